The second kappa shape index (κ2) is 8.40. The molecule has 0 aliphatic carbocycles. The predicted octanol–water partition coefficient (Wildman–Crippen LogP) is 1.29. The lowest BCUT2D eigenvalue weighted by Crippen LogP contribution is -2.28. The average Bonchev–Trinajstić information content (AvgIpc) is 3.30. The quantitative estimate of drug-likeness (QED) is 0.500. The molecule has 166 valence electrons. The van der Waals surface area contributed by atoms with Crippen molar-refractivity contribution in [1.29, 1.82) is 0 Å². The van der Waals surface area contributed by atoms with Gasteiger partial charge in [-0.25, -0.2) is 28.1 Å². The highest BCUT2D eigenvalue weighted by atomic mass is 32.2. The monoisotopic (exact) mass is 465 g/mol. The van der Waals surface area contributed by atoms with E-state index < -0.39 is 10.0 Å². The minimum atomic E-state index is -3.43. The number of anilines is 2. The topological polar surface area (TPSA) is 137 Å². The van der Waals surface area contributed by atoms with Crippen molar-refractivity contribution < 1.29 is 17.9 Å². The molecule has 0 spiro atoms. The van der Waals surface area contributed by atoms with Gasteiger partial charge >= 0.3 is 0 Å². The maximum absolute atomic E-state index is 12.2. The van der Waals surface area contributed by atoms with Gasteiger partial charge < -0.3 is 24.7 Å². The standard InChI is InChI=1S/C18H23N7O4S2/c1-4-22-31(26,27)6-5-25-17-15(16(19)20-9-21-17)23-18(25)30-14-8-13-12(28-10-29-13)7-11(14)24(2)3/h7-9,22H,4-6,10H2,1-3H3,(H2,19,20,21). The summed E-state index contributed by atoms with van der Waals surface area (Å²) in [5.41, 5.74) is 7.82. The van der Waals surface area contributed by atoms with Crippen molar-refractivity contribution in [1.82, 2.24) is 24.2 Å². The lowest BCUT2D eigenvalue weighted by Gasteiger charge is -2.18. The molecule has 0 saturated heterocycles. The Morgan fingerprint density at radius 3 is 2.71 bits per heavy atom. The summed E-state index contributed by atoms with van der Waals surface area (Å²) in [4.78, 5) is 15.7. The fourth-order valence-electron chi connectivity index (χ4n) is 3.16. The van der Waals surface area contributed by atoms with E-state index in [1.165, 1.54) is 18.1 Å². The fourth-order valence-corrected chi connectivity index (χ4v) is 5.30. The van der Waals surface area contributed by atoms with Gasteiger partial charge in [-0.05, 0) is 11.8 Å². The van der Waals surface area contributed by atoms with Crippen molar-refractivity contribution in [3.05, 3.63) is 18.5 Å². The van der Waals surface area contributed by atoms with Gasteiger partial charge in [-0.2, -0.15) is 0 Å². The SMILES string of the molecule is CCNS(=O)(=O)CCn1c(Sc2cc3c(cc2N(C)C)OCO3)nc2c(N)ncnc21. The fraction of sp³-hybridized carbons (Fsp3) is 0.389. The van der Waals surface area contributed by atoms with Crippen LogP contribution in [-0.4, -0.2) is 61.1 Å². The zero-order valence-corrected chi connectivity index (χ0v) is 19.0. The Balaban J connectivity index is 1.77. The molecule has 0 bridgehead atoms. The average molecular weight is 466 g/mol. The van der Waals surface area contributed by atoms with Crippen molar-refractivity contribution >= 4 is 44.5 Å². The molecule has 1 aliphatic rings. The molecule has 31 heavy (non-hydrogen) atoms. The number of aromatic nitrogens is 4. The number of aryl methyl sites for hydroxylation is 1. The van der Waals surface area contributed by atoms with Crippen molar-refractivity contribution in [3.8, 4) is 11.5 Å². The van der Waals surface area contributed by atoms with Crippen LogP contribution in [0.1, 0.15) is 6.92 Å². The van der Waals surface area contributed by atoms with Crippen LogP contribution in [-0.2, 0) is 16.6 Å². The van der Waals surface area contributed by atoms with Gasteiger partial charge in [0.05, 0.1) is 11.4 Å². The Hall–Kier alpha value is -2.77. The second-order valence-electron chi connectivity index (χ2n) is 6.96. The lowest BCUT2D eigenvalue weighted by molar-refractivity contribution is 0.174. The number of ether oxygens (including phenoxy) is 2. The van der Waals surface area contributed by atoms with E-state index in [9.17, 15) is 8.42 Å². The molecule has 1 aromatic carbocycles. The number of sulfonamides is 1. The first-order valence-electron chi connectivity index (χ1n) is 9.52. The lowest BCUT2D eigenvalue weighted by atomic mass is 10.2. The van der Waals surface area contributed by atoms with E-state index in [-0.39, 0.29) is 24.9 Å². The molecule has 3 heterocycles. The van der Waals surface area contributed by atoms with E-state index >= 15 is 0 Å². The predicted molar refractivity (Wildman–Crippen MR) is 118 cm³/mol. The van der Waals surface area contributed by atoms with Crippen LogP contribution in [0, 0.1) is 0 Å². The smallest absolute Gasteiger partial charge is 0.231 e. The number of nitrogens with one attached hydrogen (secondary N) is 1. The first kappa shape index (κ1) is 21.5. The third-order valence-electron chi connectivity index (χ3n) is 4.61. The third-order valence-corrected chi connectivity index (χ3v) is 7.10. The van der Waals surface area contributed by atoms with Gasteiger partial charge in [0, 0.05) is 44.2 Å². The molecule has 0 atom stereocenters. The Kier molecular flexibility index (Phi) is 5.81. The minimum absolute atomic E-state index is 0.120. The normalized spacial score (nSPS) is 13.1. The number of nitrogens with zero attached hydrogens (tertiary/aromatic N) is 5. The van der Waals surface area contributed by atoms with Crippen LogP contribution in [0.3, 0.4) is 0 Å². The summed E-state index contributed by atoms with van der Waals surface area (Å²) in [6.45, 7) is 2.39. The molecule has 0 unspecified atom stereocenters. The van der Waals surface area contributed by atoms with Gasteiger partial charge in [-0.3, -0.25) is 0 Å². The number of benzene rings is 1. The van der Waals surface area contributed by atoms with E-state index in [1.807, 2.05) is 31.1 Å². The van der Waals surface area contributed by atoms with Crippen molar-refractivity contribution in [2.45, 2.75) is 23.5 Å². The Morgan fingerprint density at radius 2 is 2.00 bits per heavy atom. The summed E-state index contributed by atoms with van der Waals surface area (Å²) in [6, 6.07) is 3.79. The highest BCUT2D eigenvalue weighted by Gasteiger charge is 2.23. The molecular weight excluding hydrogens is 442 g/mol. The first-order valence-corrected chi connectivity index (χ1v) is 12.0. The van der Waals surface area contributed by atoms with E-state index in [1.54, 1.807) is 11.5 Å². The molecule has 4 rings (SSSR count). The number of hydrogen-bond acceptors (Lipinski definition) is 10. The summed E-state index contributed by atoms with van der Waals surface area (Å²) in [6.07, 6.45) is 1.34. The number of fused-ring (bicyclic) bond motifs is 2. The molecule has 13 heteroatoms. The van der Waals surface area contributed by atoms with Crippen molar-refractivity contribution in [3.63, 3.8) is 0 Å². The molecule has 11 nitrogen and oxygen atoms in total. The van der Waals surface area contributed by atoms with Crippen LogP contribution in [0.15, 0.2) is 28.5 Å². The van der Waals surface area contributed by atoms with E-state index in [2.05, 4.69) is 19.7 Å². The number of rotatable bonds is 8. The van der Waals surface area contributed by atoms with E-state index in [0.717, 1.165) is 10.6 Å². The van der Waals surface area contributed by atoms with Gasteiger partial charge in [0.25, 0.3) is 0 Å². The first-order chi connectivity index (χ1) is 14.8. The van der Waals surface area contributed by atoms with Gasteiger partial charge in [0.2, 0.25) is 16.8 Å². The minimum Gasteiger partial charge on any atom is -0.454 e. The molecule has 0 saturated carbocycles. The molecule has 3 N–H and O–H groups in total. The zero-order chi connectivity index (χ0) is 22.2. The van der Waals surface area contributed by atoms with E-state index in [0.29, 0.717) is 34.4 Å². The summed E-state index contributed by atoms with van der Waals surface area (Å²) in [5.74, 6) is 1.43. The maximum atomic E-state index is 12.2. The molecule has 1 aliphatic heterocycles. The molecule has 3 aromatic rings. The highest BCUT2D eigenvalue weighted by molar-refractivity contribution is 7.99. The highest BCUT2D eigenvalue weighted by Crippen LogP contribution is 2.44. The summed E-state index contributed by atoms with van der Waals surface area (Å²) in [7, 11) is 0.422. The molecule has 0 radical (unpaired) electrons. The second-order valence-corrected chi connectivity index (χ2v) is 9.90. The van der Waals surface area contributed by atoms with Crippen molar-refractivity contribution in [2.75, 3.05) is 43.8 Å². The zero-order valence-electron chi connectivity index (χ0n) is 17.3. The van der Waals surface area contributed by atoms with Gasteiger partial charge in [0.15, 0.2) is 33.6 Å². The summed E-state index contributed by atoms with van der Waals surface area (Å²) in [5, 5.41) is 0.552. The summed E-state index contributed by atoms with van der Waals surface area (Å²) >= 11 is 1.37. The third kappa shape index (κ3) is 4.34. The Labute approximate surface area is 184 Å². The van der Waals surface area contributed by atoms with Crippen LogP contribution in [0.5, 0.6) is 11.5 Å². The number of imidazole rings is 1. The number of hydrogen-bond donors (Lipinski definition) is 2. The van der Waals surface area contributed by atoms with Crippen LogP contribution < -0.4 is 24.8 Å². The number of nitrogens with two attached hydrogens (primary N) is 1. The largest absolute Gasteiger partial charge is 0.454 e. The van der Waals surface area contributed by atoms with Crippen LogP contribution in [0.25, 0.3) is 11.2 Å². The molecular formula is C18H23N7O4S2. The van der Waals surface area contributed by atoms with Crippen LogP contribution in [0.4, 0.5) is 11.5 Å². The van der Waals surface area contributed by atoms with Gasteiger partial charge in [-0.1, -0.05) is 6.92 Å². The van der Waals surface area contributed by atoms with Crippen molar-refractivity contribution in [2.24, 2.45) is 0 Å². The Bertz CT molecular complexity index is 1230. The molecule has 0 fully saturated rings. The van der Waals surface area contributed by atoms with Gasteiger partial charge in [0.1, 0.15) is 6.33 Å². The van der Waals surface area contributed by atoms with Gasteiger partial charge in [-0.15, -0.1) is 0 Å². The van der Waals surface area contributed by atoms with Crippen LogP contribution >= 0.6 is 11.8 Å². The van der Waals surface area contributed by atoms with Crippen LogP contribution in [0.2, 0.25) is 0 Å². The maximum Gasteiger partial charge on any atom is 0.231 e. The molecule has 0 amide bonds. The summed E-state index contributed by atoms with van der Waals surface area (Å²) < 4.78 is 39.7. The number of nitrogen functional groups attached to an aromatic ring is 1. The Morgan fingerprint density at radius 1 is 1.26 bits per heavy atom. The van der Waals surface area contributed by atoms with E-state index in [4.69, 9.17) is 15.2 Å². The molecule has 2 aromatic heterocycles.